The highest BCUT2D eigenvalue weighted by molar-refractivity contribution is 5.93. The Balaban J connectivity index is 1.76. The summed E-state index contributed by atoms with van der Waals surface area (Å²) in [5.74, 6) is -8.38. The fourth-order valence-electron chi connectivity index (χ4n) is 3.99. The fraction of sp³-hybridized carbons (Fsp3) is 0.375. The van der Waals surface area contributed by atoms with Gasteiger partial charge >= 0.3 is 5.92 Å². The summed E-state index contributed by atoms with van der Waals surface area (Å²) in [6, 6.07) is 3.16. The van der Waals surface area contributed by atoms with E-state index in [9.17, 15) is 9.50 Å². The number of hydrogen-bond donors (Lipinski definition) is 3. The van der Waals surface area contributed by atoms with Crippen molar-refractivity contribution in [1.82, 2.24) is 19.4 Å². The molecule has 8 nitrogen and oxygen atoms in total. The van der Waals surface area contributed by atoms with E-state index in [2.05, 4.69) is 10.2 Å². The van der Waals surface area contributed by atoms with Crippen molar-refractivity contribution in [3.05, 3.63) is 71.5 Å². The van der Waals surface area contributed by atoms with Crippen LogP contribution in [0, 0.1) is 5.41 Å². The lowest BCUT2D eigenvalue weighted by molar-refractivity contribution is -0.208. The van der Waals surface area contributed by atoms with Gasteiger partial charge in [-0.25, -0.2) is 4.39 Å². The van der Waals surface area contributed by atoms with Crippen LogP contribution in [-0.2, 0) is 5.85 Å². The predicted molar refractivity (Wildman–Crippen MR) is 126 cm³/mol. The zero-order valence-corrected chi connectivity index (χ0v) is 19.7. The highest BCUT2D eigenvalue weighted by atomic mass is 19.3. The standard InChI is InChI=1S/C24H28F3N7O/c1-15-8-19(10-20(25)9-16(2)31-32(3)12-15)23(26,27)24(29,35)33-13-17(4-7-22(33)28)18-11-30-34(14-18)21-5-6-21/h4,7-9,11-14,21,28,35H,5-6,10,29H2,1-3H3/b15-12+,19-8+,20-9+,28-22?,31-16+. The lowest BCUT2D eigenvalue weighted by Crippen LogP contribution is -2.61. The Hall–Kier alpha value is -3.44. The number of halogens is 3. The van der Waals surface area contributed by atoms with Gasteiger partial charge in [0, 0.05) is 48.8 Å². The minimum absolute atomic E-state index is 0.281. The molecule has 2 aromatic rings. The summed E-state index contributed by atoms with van der Waals surface area (Å²) in [6.07, 6.45) is 9.43. The summed E-state index contributed by atoms with van der Waals surface area (Å²) in [5, 5.41) is 29.0. The van der Waals surface area contributed by atoms with Crippen molar-refractivity contribution in [2.24, 2.45) is 10.8 Å². The molecule has 0 amide bonds. The van der Waals surface area contributed by atoms with Crippen LogP contribution in [-0.4, -0.2) is 43.1 Å². The third-order valence-corrected chi connectivity index (χ3v) is 5.87. The number of pyridine rings is 1. The number of hydrazone groups is 1. The first-order chi connectivity index (χ1) is 16.4. The van der Waals surface area contributed by atoms with Gasteiger partial charge in [0.1, 0.15) is 11.3 Å². The molecule has 35 heavy (non-hydrogen) atoms. The predicted octanol–water partition coefficient (Wildman–Crippen LogP) is 3.76. The largest absolute Gasteiger partial charge is 0.353 e. The summed E-state index contributed by atoms with van der Waals surface area (Å²) in [6.45, 7) is 3.10. The second-order valence-corrected chi connectivity index (χ2v) is 9.04. The second kappa shape index (κ2) is 8.97. The summed E-state index contributed by atoms with van der Waals surface area (Å²) in [7, 11) is 1.59. The lowest BCUT2D eigenvalue weighted by Gasteiger charge is -2.36. The van der Waals surface area contributed by atoms with Gasteiger partial charge in [0.25, 0.3) is 5.85 Å². The number of hydrogen-bond acceptors (Lipinski definition) is 6. The zero-order chi connectivity index (χ0) is 25.5. The van der Waals surface area contributed by atoms with Gasteiger partial charge < -0.3 is 5.11 Å². The van der Waals surface area contributed by atoms with E-state index in [-0.39, 0.29) is 5.71 Å². The van der Waals surface area contributed by atoms with E-state index < -0.39 is 35.1 Å². The van der Waals surface area contributed by atoms with E-state index in [4.69, 9.17) is 11.1 Å². The van der Waals surface area contributed by atoms with Crippen LogP contribution in [0.2, 0.25) is 0 Å². The number of nitrogens with two attached hydrogens (primary N) is 1. The first kappa shape index (κ1) is 24.7. The van der Waals surface area contributed by atoms with Crippen molar-refractivity contribution in [2.45, 2.75) is 50.9 Å². The maximum atomic E-state index is 15.9. The highest BCUT2D eigenvalue weighted by Crippen LogP contribution is 2.40. The molecule has 0 radical (unpaired) electrons. The Kier molecular flexibility index (Phi) is 6.32. The summed E-state index contributed by atoms with van der Waals surface area (Å²) in [5.41, 5.74) is 6.38. The van der Waals surface area contributed by atoms with Crippen LogP contribution in [0.5, 0.6) is 0 Å². The molecular formula is C24H28F3N7O. The molecule has 1 aliphatic carbocycles. The van der Waals surface area contributed by atoms with Gasteiger partial charge in [-0.2, -0.15) is 19.0 Å². The van der Waals surface area contributed by atoms with Crippen LogP contribution in [0.25, 0.3) is 11.1 Å². The summed E-state index contributed by atoms with van der Waals surface area (Å²) in [4.78, 5) is 0. The van der Waals surface area contributed by atoms with E-state index in [1.807, 2.05) is 0 Å². The number of alkyl halides is 2. The van der Waals surface area contributed by atoms with E-state index >= 15 is 8.78 Å². The third-order valence-electron chi connectivity index (χ3n) is 5.87. The number of aromatic nitrogens is 3. The molecule has 0 spiro atoms. The molecule has 0 aromatic carbocycles. The molecule has 1 unspecified atom stereocenters. The fourth-order valence-corrected chi connectivity index (χ4v) is 3.99. The van der Waals surface area contributed by atoms with Crippen molar-refractivity contribution >= 4 is 5.71 Å². The molecule has 4 N–H and O–H groups in total. The zero-order valence-electron chi connectivity index (χ0n) is 19.7. The van der Waals surface area contributed by atoms with Gasteiger partial charge in [0.15, 0.2) is 0 Å². The van der Waals surface area contributed by atoms with Crippen molar-refractivity contribution in [3.63, 3.8) is 0 Å². The Labute approximate surface area is 200 Å². The van der Waals surface area contributed by atoms with Crippen LogP contribution in [0.1, 0.15) is 39.2 Å². The minimum atomic E-state index is -4.15. The Morgan fingerprint density at radius 2 is 1.86 bits per heavy atom. The van der Waals surface area contributed by atoms with Crippen molar-refractivity contribution in [1.29, 1.82) is 5.41 Å². The normalized spacial score (nSPS) is 25.3. The van der Waals surface area contributed by atoms with Gasteiger partial charge in [-0.15, -0.1) is 0 Å². The van der Waals surface area contributed by atoms with E-state index in [1.54, 1.807) is 44.0 Å². The number of rotatable bonds is 5. The molecule has 1 fully saturated rings. The first-order valence-electron chi connectivity index (χ1n) is 11.1. The lowest BCUT2D eigenvalue weighted by atomic mass is 9.96. The van der Waals surface area contributed by atoms with Crippen LogP contribution < -0.4 is 11.2 Å². The number of allylic oxidation sites excluding steroid dienone is 4. The molecular weight excluding hydrogens is 459 g/mol. The SMILES string of the molecule is CC1=C\N(C)/N=C(C)/C=C(/F)C/C(C(F)(F)C(N)(O)n2cc(-c3cnn(C4CC4)c3)ccc2=N)=C\1. The van der Waals surface area contributed by atoms with Crippen LogP contribution >= 0.6 is 0 Å². The van der Waals surface area contributed by atoms with Gasteiger partial charge in [0.05, 0.1) is 18.0 Å². The quantitative estimate of drug-likeness (QED) is 0.558. The average molecular weight is 488 g/mol. The summed E-state index contributed by atoms with van der Waals surface area (Å²) < 4.78 is 48.8. The minimum Gasteiger partial charge on any atom is -0.353 e. The van der Waals surface area contributed by atoms with Crippen molar-refractivity contribution in [2.75, 3.05) is 7.05 Å². The Morgan fingerprint density at radius 1 is 1.14 bits per heavy atom. The van der Waals surface area contributed by atoms with E-state index in [0.717, 1.165) is 25.0 Å². The molecule has 0 bridgehead atoms. The number of nitrogens with one attached hydrogen (secondary N) is 1. The van der Waals surface area contributed by atoms with Gasteiger partial charge in [-0.3, -0.25) is 25.4 Å². The summed E-state index contributed by atoms with van der Waals surface area (Å²) >= 11 is 0. The molecule has 186 valence electrons. The van der Waals surface area contributed by atoms with Gasteiger partial charge in [-0.1, -0.05) is 6.08 Å². The maximum absolute atomic E-state index is 15.9. The van der Waals surface area contributed by atoms with Crippen molar-refractivity contribution in [3.8, 4) is 11.1 Å². The van der Waals surface area contributed by atoms with E-state index in [1.165, 1.54) is 23.5 Å². The molecule has 11 heteroatoms. The molecule has 2 aromatic heterocycles. The van der Waals surface area contributed by atoms with Crippen LogP contribution in [0.15, 0.2) is 71.1 Å². The topological polar surface area (TPSA) is 108 Å². The number of nitrogens with zero attached hydrogens (tertiary/aromatic N) is 5. The second-order valence-electron chi connectivity index (χ2n) is 9.04. The molecule has 1 saturated carbocycles. The van der Waals surface area contributed by atoms with E-state index in [0.29, 0.717) is 27.3 Å². The molecule has 3 heterocycles. The van der Waals surface area contributed by atoms with Crippen LogP contribution in [0.4, 0.5) is 13.2 Å². The van der Waals surface area contributed by atoms with Gasteiger partial charge in [-0.05, 0) is 50.5 Å². The Bertz CT molecular complexity index is 1310. The molecule has 0 saturated heterocycles. The highest BCUT2D eigenvalue weighted by Gasteiger charge is 2.55. The number of aliphatic hydroxyl groups is 1. The molecule has 1 atom stereocenters. The third kappa shape index (κ3) is 5.01. The first-order valence-corrected chi connectivity index (χ1v) is 11.1. The smallest absolute Gasteiger partial charge is 0.331 e. The molecule has 2 aliphatic rings. The molecule has 4 rings (SSSR count). The molecule has 1 aliphatic heterocycles. The average Bonchev–Trinajstić information content (AvgIpc) is 3.49. The Morgan fingerprint density at radius 3 is 2.54 bits per heavy atom. The monoisotopic (exact) mass is 487 g/mol. The van der Waals surface area contributed by atoms with Crippen molar-refractivity contribution < 1.29 is 18.3 Å². The van der Waals surface area contributed by atoms with Crippen LogP contribution in [0.3, 0.4) is 0 Å². The van der Waals surface area contributed by atoms with Gasteiger partial charge in [0.2, 0.25) is 0 Å². The maximum Gasteiger partial charge on any atom is 0.331 e.